The van der Waals surface area contributed by atoms with E-state index in [-0.39, 0.29) is 5.91 Å². The number of fused-ring (bicyclic) bond motifs is 1. The lowest BCUT2D eigenvalue weighted by molar-refractivity contribution is 0.0942. The van der Waals surface area contributed by atoms with Gasteiger partial charge < -0.3 is 23.8 Å². The minimum absolute atomic E-state index is 0.183. The number of hydrogen-bond donors (Lipinski definition) is 1. The lowest BCUT2D eigenvalue weighted by atomic mass is 10.2. The number of rotatable bonds is 7. The van der Waals surface area contributed by atoms with Crippen LogP contribution in [-0.4, -0.2) is 29.7 Å². The van der Waals surface area contributed by atoms with Crippen molar-refractivity contribution in [3.63, 3.8) is 0 Å². The number of amides is 1. The summed E-state index contributed by atoms with van der Waals surface area (Å²) in [7, 11) is 3.23. The number of benzene rings is 1. The number of hydrogen-bond acceptors (Lipinski definition) is 5. The van der Waals surface area contributed by atoms with Gasteiger partial charge in [0.2, 0.25) is 0 Å². The zero-order chi connectivity index (χ0) is 21.1. The molecule has 3 aromatic heterocycles. The molecular weight excluding hydrogens is 382 g/mol. The molecule has 4 rings (SSSR count). The SMILES string of the molecule is COc1cc(Cn2c(C(=O)NCc3cccnc3)cc3oc(C)cc32)cc(OC)c1. The predicted octanol–water partition coefficient (Wildman–Crippen LogP) is 3.93. The molecule has 0 bridgehead atoms. The van der Waals surface area contributed by atoms with Gasteiger partial charge in [-0.1, -0.05) is 6.07 Å². The number of pyridine rings is 1. The number of aromatic nitrogens is 2. The second kappa shape index (κ2) is 8.32. The van der Waals surface area contributed by atoms with Crippen LogP contribution in [0.25, 0.3) is 11.1 Å². The van der Waals surface area contributed by atoms with Crippen LogP contribution in [-0.2, 0) is 13.1 Å². The quantitative estimate of drug-likeness (QED) is 0.504. The summed E-state index contributed by atoms with van der Waals surface area (Å²) in [5, 5.41) is 2.96. The number of carbonyl (C=O) groups excluding carboxylic acids is 1. The van der Waals surface area contributed by atoms with Crippen molar-refractivity contribution in [2.24, 2.45) is 0 Å². The molecule has 0 aliphatic carbocycles. The molecule has 0 aliphatic heterocycles. The van der Waals surface area contributed by atoms with E-state index in [0.717, 1.165) is 22.4 Å². The Morgan fingerprint density at radius 3 is 2.53 bits per heavy atom. The minimum atomic E-state index is -0.183. The zero-order valence-corrected chi connectivity index (χ0v) is 17.1. The summed E-state index contributed by atoms with van der Waals surface area (Å²) in [5.41, 5.74) is 3.94. The molecule has 3 heterocycles. The number of aryl methyl sites for hydroxylation is 1. The van der Waals surface area contributed by atoms with Crippen LogP contribution in [0.1, 0.15) is 27.4 Å². The summed E-state index contributed by atoms with van der Waals surface area (Å²) in [6.07, 6.45) is 3.44. The van der Waals surface area contributed by atoms with Crippen LogP contribution < -0.4 is 14.8 Å². The molecule has 1 aromatic carbocycles. The topological polar surface area (TPSA) is 78.5 Å². The standard InChI is InChI=1S/C23H23N3O4/c1-15-7-20-22(30-15)11-21(23(27)25-13-16-5-4-6-24-12-16)26(20)14-17-8-18(28-2)10-19(9-17)29-3/h4-12H,13-14H2,1-3H3,(H,25,27). The van der Waals surface area contributed by atoms with Crippen LogP contribution >= 0.6 is 0 Å². The Kier molecular flexibility index (Phi) is 5.43. The molecule has 0 aliphatic rings. The molecule has 4 aromatic rings. The second-order valence-electron chi connectivity index (χ2n) is 6.99. The Bertz CT molecular complexity index is 1160. The molecule has 0 unspecified atom stereocenters. The van der Waals surface area contributed by atoms with Crippen molar-refractivity contribution >= 4 is 17.0 Å². The van der Waals surface area contributed by atoms with Gasteiger partial charge in [0.05, 0.1) is 19.7 Å². The highest BCUT2D eigenvalue weighted by Crippen LogP contribution is 2.28. The highest BCUT2D eigenvalue weighted by molar-refractivity contribution is 5.97. The maximum absolute atomic E-state index is 13.0. The zero-order valence-electron chi connectivity index (χ0n) is 17.1. The monoisotopic (exact) mass is 405 g/mol. The number of ether oxygens (including phenoxy) is 2. The van der Waals surface area contributed by atoms with Gasteiger partial charge >= 0.3 is 0 Å². The molecule has 0 radical (unpaired) electrons. The van der Waals surface area contributed by atoms with E-state index in [4.69, 9.17) is 13.9 Å². The lowest BCUT2D eigenvalue weighted by Crippen LogP contribution is -2.25. The van der Waals surface area contributed by atoms with Crippen LogP contribution in [0.2, 0.25) is 0 Å². The fourth-order valence-corrected chi connectivity index (χ4v) is 3.44. The average molecular weight is 405 g/mol. The molecule has 7 heteroatoms. The molecule has 0 spiro atoms. The van der Waals surface area contributed by atoms with Gasteiger partial charge in [0.1, 0.15) is 23.0 Å². The first-order chi connectivity index (χ1) is 14.6. The number of methoxy groups -OCH3 is 2. The molecule has 0 fully saturated rings. The molecular formula is C23H23N3O4. The summed E-state index contributed by atoms with van der Waals surface area (Å²) >= 11 is 0. The van der Waals surface area contributed by atoms with E-state index in [9.17, 15) is 4.79 Å². The van der Waals surface area contributed by atoms with E-state index in [0.29, 0.717) is 35.9 Å². The van der Waals surface area contributed by atoms with Gasteiger partial charge in [0.25, 0.3) is 5.91 Å². The third-order valence-corrected chi connectivity index (χ3v) is 4.87. The van der Waals surface area contributed by atoms with Gasteiger partial charge in [-0.15, -0.1) is 0 Å². The Labute approximate surface area is 174 Å². The average Bonchev–Trinajstić information content (AvgIpc) is 3.29. The van der Waals surface area contributed by atoms with E-state index in [1.165, 1.54) is 0 Å². The molecule has 154 valence electrons. The normalized spacial score (nSPS) is 10.9. The summed E-state index contributed by atoms with van der Waals surface area (Å²) < 4.78 is 18.5. The van der Waals surface area contributed by atoms with E-state index in [1.54, 1.807) is 32.7 Å². The van der Waals surface area contributed by atoms with Crippen LogP contribution in [0.15, 0.2) is 59.3 Å². The van der Waals surface area contributed by atoms with E-state index in [1.807, 2.05) is 47.9 Å². The maximum atomic E-state index is 13.0. The molecule has 30 heavy (non-hydrogen) atoms. The first kappa shape index (κ1) is 19.6. The molecule has 1 amide bonds. The number of carbonyl (C=O) groups is 1. The van der Waals surface area contributed by atoms with Gasteiger partial charge in [-0.25, -0.2) is 0 Å². The number of nitrogens with zero attached hydrogens (tertiary/aromatic N) is 2. The largest absolute Gasteiger partial charge is 0.497 e. The van der Waals surface area contributed by atoms with Gasteiger partial charge in [0.15, 0.2) is 5.58 Å². The fourth-order valence-electron chi connectivity index (χ4n) is 3.44. The molecule has 0 saturated carbocycles. The Morgan fingerprint density at radius 1 is 1.10 bits per heavy atom. The lowest BCUT2D eigenvalue weighted by Gasteiger charge is -2.13. The Morgan fingerprint density at radius 2 is 1.87 bits per heavy atom. The van der Waals surface area contributed by atoms with E-state index >= 15 is 0 Å². The highest BCUT2D eigenvalue weighted by atomic mass is 16.5. The fraction of sp³-hybridized carbons (Fsp3) is 0.217. The van der Waals surface area contributed by atoms with E-state index < -0.39 is 0 Å². The van der Waals surface area contributed by atoms with Crippen molar-refractivity contribution in [3.05, 3.63) is 77.4 Å². The van der Waals surface area contributed by atoms with Crippen molar-refractivity contribution in [2.45, 2.75) is 20.0 Å². The van der Waals surface area contributed by atoms with Crippen molar-refractivity contribution < 1.29 is 18.7 Å². The first-order valence-corrected chi connectivity index (χ1v) is 9.56. The molecule has 1 N–H and O–H groups in total. The summed E-state index contributed by atoms with van der Waals surface area (Å²) in [5.74, 6) is 1.99. The van der Waals surface area contributed by atoms with Crippen LogP contribution in [0.3, 0.4) is 0 Å². The predicted molar refractivity (Wildman–Crippen MR) is 113 cm³/mol. The minimum Gasteiger partial charge on any atom is -0.497 e. The maximum Gasteiger partial charge on any atom is 0.268 e. The summed E-state index contributed by atoms with van der Waals surface area (Å²) in [4.78, 5) is 17.1. The van der Waals surface area contributed by atoms with Gasteiger partial charge in [-0.2, -0.15) is 0 Å². The van der Waals surface area contributed by atoms with Gasteiger partial charge in [0, 0.05) is 43.7 Å². The first-order valence-electron chi connectivity index (χ1n) is 9.56. The Balaban J connectivity index is 1.67. The number of furan rings is 1. The summed E-state index contributed by atoms with van der Waals surface area (Å²) in [6.45, 7) is 2.75. The van der Waals surface area contributed by atoms with Crippen LogP contribution in [0.4, 0.5) is 0 Å². The molecule has 7 nitrogen and oxygen atoms in total. The second-order valence-corrected chi connectivity index (χ2v) is 6.99. The van der Waals surface area contributed by atoms with E-state index in [2.05, 4.69) is 10.3 Å². The smallest absolute Gasteiger partial charge is 0.268 e. The molecule has 0 atom stereocenters. The van der Waals surface area contributed by atoms with Crippen molar-refractivity contribution in [1.29, 1.82) is 0 Å². The highest BCUT2D eigenvalue weighted by Gasteiger charge is 2.19. The number of nitrogens with one attached hydrogen (secondary N) is 1. The molecule has 0 saturated heterocycles. The third-order valence-electron chi connectivity index (χ3n) is 4.87. The summed E-state index contributed by atoms with van der Waals surface area (Å²) in [6, 6.07) is 13.2. The van der Waals surface area contributed by atoms with Crippen molar-refractivity contribution in [2.75, 3.05) is 14.2 Å². The van der Waals surface area contributed by atoms with Gasteiger partial charge in [-0.3, -0.25) is 9.78 Å². The van der Waals surface area contributed by atoms with Gasteiger partial charge in [-0.05, 0) is 36.2 Å². The third kappa shape index (κ3) is 4.00. The van der Waals surface area contributed by atoms with Crippen molar-refractivity contribution in [1.82, 2.24) is 14.9 Å². The van der Waals surface area contributed by atoms with Crippen LogP contribution in [0.5, 0.6) is 11.5 Å². The van der Waals surface area contributed by atoms with Crippen molar-refractivity contribution in [3.8, 4) is 11.5 Å². The Hall–Kier alpha value is -3.74. The van der Waals surface area contributed by atoms with Crippen LogP contribution in [0, 0.1) is 6.92 Å².